The molecule has 0 unspecified atom stereocenters. The van der Waals surface area contributed by atoms with Crippen molar-refractivity contribution in [3.63, 3.8) is 0 Å². The van der Waals surface area contributed by atoms with Gasteiger partial charge in [-0.05, 0) is 31.2 Å². The third-order valence-corrected chi connectivity index (χ3v) is 6.25. The van der Waals surface area contributed by atoms with Crippen LogP contribution < -0.4 is 9.64 Å². The van der Waals surface area contributed by atoms with E-state index >= 15 is 0 Å². The van der Waals surface area contributed by atoms with Crippen LogP contribution in [0.15, 0.2) is 35.5 Å². The Morgan fingerprint density at radius 2 is 1.85 bits per heavy atom. The number of nitrogens with one attached hydrogen (secondary N) is 1. The number of hydrogen-bond acceptors (Lipinski definition) is 7. The number of sulfonamides is 1. The van der Waals surface area contributed by atoms with Gasteiger partial charge in [-0.3, -0.25) is 5.10 Å². The molecular weight excluding hydrogens is 372 g/mol. The summed E-state index contributed by atoms with van der Waals surface area (Å²) in [6.07, 6.45) is 1.18. The van der Waals surface area contributed by atoms with Crippen LogP contribution in [0.3, 0.4) is 0 Å². The van der Waals surface area contributed by atoms with Crippen LogP contribution >= 0.6 is 0 Å². The molecule has 9 nitrogen and oxygen atoms in total. The van der Waals surface area contributed by atoms with Crippen molar-refractivity contribution in [1.29, 1.82) is 0 Å². The van der Waals surface area contributed by atoms with Gasteiger partial charge >= 0.3 is 5.97 Å². The average Bonchev–Trinajstić information content (AvgIpc) is 3.19. The Kier molecular flexibility index (Phi) is 5.66. The summed E-state index contributed by atoms with van der Waals surface area (Å²) in [5.74, 6) is 0.0624. The minimum Gasteiger partial charge on any atom is -0.497 e. The van der Waals surface area contributed by atoms with Gasteiger partial charge in [-0.1, -0.05) is 0 Å². The van der Waals surface area contributed by atoms with Crippen LogP contribution in [-0.2, 0) is 14.8 Å². The van der Waals surface area contributed by atoms with Gasteiger partial charge in [-0.25, -0.2) is 13.2 Å². The number of ether oxygens (including phenoxy) is 2. The molecule has 0 bridgehead atoms. The summed E-state index contributed by atoms with van der Waals surface area (Å²) >= 11 is 0. The van der Waals surface area contributed by atoms with E-state index in [1.807, 2.05) is 24.3 Å². The smallest absolute Gasteiger partial charge is 0.342 e. The highest BCUT2D eigenvalue weighted by molar-refractivity contribution is 7.89. The first-order valence-corrected chi connectivity index (χ1v) is 10.0. The lowest BCUT2D eigenvalue weighted by atomic mass is 10.2. The fourth-order valence-corrected chi connectivity index (χ4v) is 4.42. The van der Waals surface area contributed by atoms with E-state index in [1.54, 1.807) is 14.0 Å². The number of piperazine rings is 1. The Labute approximate surface area is 157 Å². The Morgan fingerprint density at radius 3 is 2.44 bits per heavy atom. The van der Waals surface area contributed by atoms with E-state index in [2.05, 4.69) is 15.1 Å². The molecule has 1 saturated heterocycles. The topological polar surface area (TPSA) is 105 Å². The van der Waals surface area contributed by atoms with E-state index in [9.17, 15) is 13.2 Å². The van der Waals surface area contributed by atoms with Gasteiger partial charge in [0.1, 0.15) is 11.3 Å². The van der Waals surface area contributed by atoms with E-state index in [-0.39, 0.29) is 17.2 Å². The van der Waals surface area contributed by atoms with Crippen molar-refractivity contribution in [2.75, 3.05) is 44.8 Å². The van der Waals surface area contributed by atoms with Crippen molar-refractivity contribution in [2.24, 2.45) is 0 Å². The second kappa shape index (κ2) is 7.97. The Hall–Kier alpha value is -2.59. The zero-order valence-electron chi connectivity index (χ0n) is 15.2. The van der Waals surface area contributed by atoms with Crippen molar-refractivity contribution < 1.29 is 22.7 Å². The van der Waals surface area contributed by atoms with Crippen molar-refractivity contribution in [1.82, 2.24) is 14.5 Å². The Bertz CT molecular complexity index is 886. The number of benzene rings is 1. The summed E-state index contributed by atoms with van der Waals surface area (Å²) in [4.78, 5) is 14.1. The molecule has 0 spiro atoms. The lowest BCUT2D eigenvalue weighted by molar-refractivity contribution is 0.0521. The van der Waals surface area contributed by atoms with Gasteiger partial charge in [0.15, 0.2) is 5.03 Å². The number of anilines is 1. The summed E-state index contributed by atoms with van der Waals surface area (Å²) in [7, 11) is -2.25. The molecule has 2 aromatic rings. The van der Waals surface area contributed by atoms with Gasteiger partial charge < -0.3 is 14.4 Å². The molecule has 27 heavy (non-hydrogen) atoms. The van der Waals surface area contributed by atoms with Gasteiger partial charge in [-0.2, -0.15) is 9.40 Å². The van der Waals surface area contributed by atoms with Gasteiger partial charge in [-0.15, -0.1) is 0 Å². The molecule has 0 radical (unpaired) electrons. The third-order valence-electron chi connectivity index (χ3n) is 4.37. The maximum atomic E-state index is 12.9. The molecule has 1 aromatic carbocycles. The van der Waals surface area contributed by atoms with Gasteiger partial charge in [0.25, 0.3) is 10.0 Å². The highest BCUT2D eigenvalue weighted by Gasteiger charge is 2.33. The lowest BCUT2D eigenvalue weighted by Crippen LogP contribution is -2.49. The predicted octanol–water partition coefficient (Wildman–Crippen LogP) is 1.11. The van der Waals surface area contributed by atoms with Crippen molar-refractivity contribution >= 4 is 21.7 Å². The highest BCUT2D eigenvalue weighted by Crippen LogP contribution is 2.24. The first-order chi connectivity index (χ1) is 13.0. The highest BCUT2D eigenvalue weighted by atomic mass is 32.2. The minimum absolute atomic E-state index is 0.0746. The summed E-state index contributed by atoms with van der Waals surface area (Å²) < 4.78 is 37.2. The molecule has 10 heteroatoms. The number of nitrogens with zero attached hydrogens (tertiary/aromatic N) is 3. The number of carbonyl (C=O) groups excluding carboxylic acids is 1. The third kappa shape index (κ3) is 3.91. The average molecular weight is 394 g/mol. The molecule has 1 N–H and O–H groups in total. The number of aromatic amines is 1. The van der Waals surface area contributed by atoms with Crippen LogP contribution in [-0.4, -0.2) is 68.8 Å². The second-order valence-corrected chi connectivity index (χ2v) is 7.80. The van der Waals surface area contributed by atoms with Gasteiger partial charge in [0.2, 0.25) is 0 Å². The first kappa shape index (κ1) is 19.2. The standard InChI is InChI=1S/C17H22N4O5S/c1-3-26-17(22)15-12-18-19-16(15)27(23,24)21-10-8-20(9-11-21)13-4-6-14(25-2)7-5-13/h4-7,12H,3,8-11H2,1-2H3,(H,18,19). The van der Waals surface area contributed by atoms with Crippen LogP contribution in [0.4, 0.5) is 5.69 Å². The molecule has 3 rings (SSSR count). The van der Waals surface area contributed by atoms with E-state index < -0.39 is 16.0 Å². The molecular formula is C17H22N4O5S. The summed E-state index contributed by atoms with van der Waals surface area (Å²) in [6.45, 7) is 3.49. The molecule has 146 valence electrons. The van der Waals surface area contributed by atoms with Crippen LogP contribution in [0, 0.1) is 0 Å². The van der Waals surface area contributed by atoms with Gasteiger partial charge in [0, 0.05) is 31.9 Å². The second-order valence-electron chi connectivity index (χ2n) is 5.92. The summed E-state index contributed by atoms with van der Waals surface area (Å²) in [6, 6.07) is 7.62. The number of carbonyl (C=O) groups is 1. The molecule has 0 atom stereocenters. The summed E-state index contributed by atoms with van der Waals surface area (Å²) in [5.41, 5.74) is 0.927. The van der Waals surface area contributed by atoms with Crippen molar-refractivity contribution in [2.45, 2.75) is 11.9 Å². The first-order valence-electron chi connectivity index (χ1n) is 8.57. The predicted molar refractivity (Wildman–Crippen MR) is 98.5 cm³/mol. The van der Waals surface area contributed by atoms with E-state index in [0.717, 1.165) is 11.4 Å². The van der Waals surface area contributed by atoms with E-state index in [1.165, 1.54) is 10.5 Å². The van der Waals surface area contributed by atoms with Crippen molar-refractivity contribution in [3.8, 4) is 5.75 Å². The SMILES string of the molecule is CCOC(=O)c1cn[nH]c1S(=O)(=O)N1CCN(c2ccc(OC)cc2)CC1. The minimum atomic E-state index is -3.86. The molecule has 0 aliphatic carbocycles. The molecule has 1 aliphatic rings. The van der Waals surface area contributed by atoms with Crippen LogP contribution in [0.2, 0.25) is 0 Å². The number of hydrogen-bond donors (Lipinski definition) is 1. The van der Waals surface area contributed by atoms with Crippen LogP contribution in [0.25, 0.3) is 0 Å². The molecule has 0 saturated carbocycles. The fraction of sp³-hybridized carbons (Fsp3) is 0.412. The maximum absolute atomic E-state index is 12.9. The van der Waals surface area contributed by atoms with Gasteiger partial charge in [0.05, 0.1) is 19.9 Å². The zero-order chi connectivity index (χ0) is 19.4. The van der Waals surface area contributed by atoms with Crippen LogP contribution in [0.1, 0.15) is 17.3 Å². The number of H-pyrrole nitrogens is 1. The molecule has 1 fully saturated rings. The largest absolute Gasteiger partial charge is 0.497 e. The number of aromatic nitrogens is 2. The number of rotatable bonds is 6. The fourth-order valence-electron chi connectivity index (χ4n) is 2.93. The summed E-state index contributed by atoms with van der Waals surface area (Å²) in [5, 5.41) is 5.92. The zero-order valence-corrected chi connectivity index (χ0v) is 16.0. The number of esters is 1. The molecule has 2 heterocycles. The monoisotopic (exact) mass is 394 g/mol. The molecule has 1 aromatic heterocycles. The van der Waals surface area contributed by atoms with E-state index in [0.29, 0.717) is 26.2 Å². The Balaban J connectivity index is 1.71. The van der Waals surface area contributed by atoms with Crippen LogP contribution in [0.5, 0.6) is 5.75 Å². The Morgan fingerprint density at radius 1 is 1.19 bits per heavy atom. The molecule has 1 aliphatic heterocycles. The quantitative estimate of drug-likeness (QED) is 0.732. The molecule has 0 amide bonds. The normalized spacial score (nSPS) is 15.6. The maximum Gasteiger partial charge on any atom is 0.342 e. The lowest BCUT2D eigenvalue weighted by Gasteiger charge is -2.35. The van der Waals surface area contributed by atoms with E-state index in [4.69, 9.17) is 9.47 Å². The number of methoxy groups -OCH3 is 1. The van der Waals surface area contributed by atoms with Crippen molar-refractivity contribution in [3.05, 3.63) is 36.0 Å².